The number of benzene rings is 1. The molecule has 0 saturated carbocycles. The minimum Gasteiger partial charge on any atom is -0.368 e. The van der Waals surface area contributed by atoms with Crippen LogP contribution in [0.1, 0.15) is 77.8 Å². The average molecular weight is 525 g/mol. The number of halogens is 4. The van der Waals surface area contributed by atoms with Gasteiger partial charge in [-0.25, -0.2) is 4.39 Å². The Hall–Kier alpha value is -2.88. The first kappa shape index (κ1) is 28.7. The van der Waals surface area contributed by atoms with Gasteiger partial charge in [-0.05, 0) is 77.4 Å². The Morgan fingerprint density at radius 2 is 1.84 bits per heavy atom. The van der Waals surface area contributed by atoms with Gasteiger partial charge in [-0.2, -0.15) is 13.2 Å². The van der Waals surface area contributed by atoms with Crippen molar-refractivity contribution in [3.63, 3.8) is 0 Å². The fourth-order valence-corrected chi connectivity index (χ4v) is 5.13. The SMILES string of the molecule is CCN(c1cc(C(F)(F)F)cc(C(=O)NCc2c(C(C)C)c(F)c(C)[nH]c2=O)c1C)C1CCN(C)CC1. The van der Waals surface area contributed by atoms with Crippen molar-refractivity contribution >= 4 is 11.6 Å². The van der Waals surface area contributed by atoms with Crippen LogP contribution in [0.2, 0.25) is 0 Å². The van der Waals surface area contributed by atoms with Crippen LogP contribution in [-0.2, 0) is 12.7 Å². The van der Waals surface area contributed by atoms with E-state index in [1.54, 1.807) is 20.8 Å². The zero-order valence-electron chi connectivity index (χ0n) is 22.3. The lowest BCUT2D eigenvalue weighted by Crippen LogP contribution is -2.44. The Morgan fingerprint density at radius 1 is 1.22 bits per heavy atom. The summed E-state index contributed by atoms with van der Waals surface area (Å²) in [5.74, 6) is -1.64. The molecule has 0 atom stereocenters. The third kappa shape index (κ3) is 6.17. The quantitative estimate of drug-likeness (QED) is 0.494. The number of carbonyl (C=O) groups excluding carboxylic acids is 1. The predicted octanol–water partition coefficient (Wildman–Crippen LogP) is 5.12. The molecule has 0 bridgehead atoms. The Bertz CT molecular complexity index is 1200. The van der Waals surface area contributed by atoms with Gasteiger partial charge in [-0.15, -0.1) is 0 Å². The number of hydrogen-bond acceptors (Lipinski definition) is 4. The minimum atomic E-state index is -4.65. The summed E-state index contributed by atoms with van der Waals surface area (Å²) in [6, 6.07) is 2.02. The maximum absolute atomic E-state index is 14.8. The van der Waals surface area contributed by atoms with E-state index in [0.717, 1.165) is 38.1 Å². The molecule has 0 radical (unpaired) electrons. The van der Waals surface area contributed by atoms with Crippen LogP contribution in [0.25, 0.3) is 0 Å². The van der Waals surface area contributed by atoms with Crippen molar-refractivity contribution in [2.45, 2.75) is 72.1 Å². The number of aromatic nitrogens is 1. The van der Waals surface area contributed by atoms with Crippen molar-refractivity contribution in [3.05, 3.63) is 61.8 Å². The van der Waals surface area contributed by atoms with Crippen molar-refractivity contribution in [2.24, 2.45) is 0 Å². The molecule has 0 spiro atoms. The van der Waals surface area contributed by atoms with Gasteiger partial charge in [0, 0.05) is 41.5 Å². The number of hydrogen-bond donors (Lipinski definition) is 2. The zero-order chi connectivity index (χ0) is 27.7. The molecule has 0 unspecified atom stereocenters. The van der Waals surface area contributed by atoms with Gasteiger partial charge in [0.25, 0.3) is 11.5 Å². The molecule has 37 heavy (non-hydrogen) atoms. The molecule has 1 saturated heterocycles. The maximum Gasteiger partial charge on any atom is 0.416 e. The molecule has 1 amide bonds. The normalized spacial score (nSPS) is 15.3. The number of carbonyl (C=O) groups is 1. The number of nitrogens with zero attached hydrogens (tertiary/aromatic N) is 2. The lowest BCUT2D eigenvalue weighted by atomic mass is 9.96. The second-order valence-electron chi connectivity index (χ2n) is 10.1. The number of likely N-dealkylation sites (tertiary alicyclic amines) is 1. The molecule has 1 aromatic heterocycles. The summed E-state index contributed by atoms with van der Waals surface area (Å²) >= 11 is 0. The molecule has 0 aliphatic carbocycles. The number of aryl methyl sites for hydroxylation is 1. The standard InChI is InChI=1S/C27H36F4N4O2/c1-7-35(19-8-10-34(6)11-9-19)22-13-18(27(29,30)31)12-20(16(22)4)25(36)32-14-21-23(15(2)3)24(28)17(5)33-26(21)37/h12-13,15,19H,7-11,14H2,1-6H3,(H,32,36)(H,33,37). The van der Waals surface area contributed by atoms with Crippen LogP contribution in [0.15, 0.2) is 16.9 Å². The number of piperidine rings is 1. The van der Waals surface area contributed by atoms with Gasteiger partial charge in [0.2, 0.25) is 0 Å². The third-order valence-electron chi connectivity index (χ3n) is 7.20. The molecular formula is C27H36F4N4O2. The maximum atomic E-state index is 14.8. The highest BCUT2D eigenvalue weighted by Crippen LogP contribution is 2.37. The highest BCUT2D eigenvalue weighted by atomic mass is 19.4. The lowest BCUT2D eigenvalue weighted by Gasteiger charge is -2.39. The van der Waals surface area contributed by atoms with E-state index in [0.29, 0.717) is 17.8 Å². The van der Waals surface area contributed by atoms with Gasteiger partial charge in [-0.1, -0.05) is 13.8 Å². The van der Waals surface area contributed by atoms with Gasteiger partial charge in [-0.3, -0.25) is 9.59 Å². The van der Waals surface area contributed by atoms with Crippen molar-refractivity contribution in [1.82, 2.24) is 15.2 Å². The number of H-pyrrole nitrogens is 1. The first-order valence-corrected chi connectivity index (χ1v) is 12.6. The molecule has 1 aliphatic rings. The minimum absolute atomic E-state index is 0.0535. The highest BCUT2D eigenvalue weighted by Gasteiger charge is 2.34. The number of aromatic amines is 1. The third-order valence-corrected chi connectivity index (χ3v) is 7.20. The number of nitrogens with one attached hydrogen (secondary N) is 2. The second-order valence-corrected chi connectivity index (χ2v) is 10.1. The number of alkyl halides is 3. The van der Waals surface area contributed by atoms with Crippen LogP contribution >= 0.6 is 0 Å². The van der Waals surface area contributed by atoms with Crippen LogP contribution in [0, 0.1) is 19.7 Å². The van der Waals surface area contributed by atoms with Gasteiger partial charge in [0.05, 0.1) is 11.3 Å². The van der Waals surface area contributed by atoms with Crippen LogP contribution in [0.3, 0.4) is 0 Å². The highest BCUT2D eigenvalue weighted by molar-refractivity contribution is 5.97. The number of anilines is 1. The molecule has 1 aliphatic heterocycles. The molecule has 204 valence electrons. The molecule has 10 heteroatoms. The molecule has 2 heterocycles. The molecule has 6 nitrogen and oxygen atoms in total. The summed E-state index contributed by atoms with van der Waals surface area (Å²) < 4.78 is 56.4. The fraction of sp³-hybridized carbons (Fsp3) is 0.556. The predicted molar refractivity (Wildman–Crippen MR) is 137 cm³/mol. The first-order chi connectivity index (χ1) is 17.3. The fourth-order valence-electron chi connectivity index (χ4n) is 5.13. The van der Waals surface area contributed by atoms with E-state index in [2.05, 4.69) is 15.2 Å². The molecule has 1 aromatic carbocycles. The second kappa shape index (κ2) is 11.2. The number of rotatable bonds is 7. The van der Waals surface area contributed by atoms with E-state index in [-0.39, 0.29) is 40.9 Å². The van der Waals surface area contributed by atoms with E-state index in [4.69, 9.17) is 0 Å². The molecular weight excluding hydrogens is 488 g/mol. The monoisotopic (exact) mass is 524 g/mol. The Balaban J connectivity index is 2.00. The number of pyridine rings is 1. The topological polar surface area (TPSA) is 68.4 Å². The molecule has 2 N–H and O–H groups in total. The van der Waals surface area contributed by atoms with Crippen LogP contribution in [-0.4, -0.2) is 48.5 Å². The van der Waals surface area contributed by atoms with Crippen LogP contribution < -0.4 is 15.8 Å². The Morgan fingerprint density at radius 3 is 2.38 bits per heavy atom. The lowest BCUT2D eigenvalue weighted by molar-refractivity contribution is -0.137. The first-order valence-electron chi connectivity index (χ1n) is 12.6. The van der Waals surface area contributed by atoms with E-state index in [9.17, 15) is 27.2 Å². The summed E-state index contributed by atoms with van der Waals surface area (Å²) in [6.07, 6.45) is -3.03. The van der Waals surface area contributed by atoms with Gasteiger partial charge in [0.15, 0.2) is 0 Å². The van der Waals surface area contributed by atoms with E-state index < -0.39 is 29.0 Å². The smallest absolute Gasteiger partial charge is 0.368 e. The summed E-state index contributed by atoms with van der Waals surface area (Å²) in [4.78, 5) is 32.4. The van der Waals surface area contributed by atoms with Crippen molar-refractivity contribution < 1.29 is 22.4 Å². The van der Waals surface area contributed by atoms with Crippen molar-refractivity contribution in [2.75, 3.05) is 31.6 Å². The van der Waals surface area contributed by atoms with E-state index in [1.165, 1.54) is 6.92 Å². The summed E-state index contributed by atoms with van der Waals surface area (Å²) in [5, 5.41) is 2.57. The molecule has 3 rings (SSSR count). The summed E-state index contributed by atoms with van der Waals surface area (Å²) in [7, 11) is 2.01. The van der Waals surface area contributed by atoms with E-state index >= 15 is 0 Å². The largest absolute Gasteiger partial charge is 0.416 e. The number of amides is 1. The zero-order valence-corrected chi connectivity index (χ0v) is 22.3. The Kier molecular flexibility index (Phi) is 8.72. The van der Waals surface area contributed by atoms with Crippen LogP contribution in [0.5, 0.6) is 0 Å². The van der Waals surface area contributed by atoms with Gasteiger partial charge >= 0.3 is 6.18 Å². The van der Waals surface area contributed by atoms with Gasteiger partial charge < -0.3 is 20.1 Å². The van der Waals surface area contributed by atoms with E-state index in [1.807, 2.05) is 18.9 Å². The average Bonchev–Trinajstić information content (AvgIpc) is 2.81. The van der Waals surface area contributed by atoms with Crippen molar-refractivity contribution in [1.29, 1.82) is 0 Å². The summed E-state index contributed by atoms with van der Waals surface area (Å²) in [6.45, 7) is 10.3. The van der Waals surface area contributed by atoms with Crippen molar-refractivity contribution in [3.8, 4) is 0 Å². The molecule has 2 aromatic rings. The Labute approximate surface area is 215 Å². The summed E-state index contributed by atoms with van der Waals surface area (Å²) in [5.41, 5.74) is -0.434. The van der Waals surface area contributed by atoms with Gasteiger partial charge in [0.1, 0.15) is 5.82 Å². The van der Waals surface area contributed by atoms with Crippen LogP contribution in [0.4, 0.5) is 23.2 Å². The molecule has 1 fully saturated rings.